The third kappa shape index (κ3) is 6.06. The van der Waals surface area contributed by atoms with Crippen LogP contribution < -0.4 is 25.6 Å². The fraction of sp³-hybridized carbons (Fsp3) is 0.312. The molecule has 4 aromatic rings. The van der Waals surface area contributed by atoms with Crippen molar-refractivity contribution >= 4 is 39.8 Å². The summed E-state index contributed by atoms with van der Waals surface area (Å²) >= 11 is 0. The Morgan fingerprint density at radius 2 is 2.07 bits per heavy atom. The molecule has 5 rings (SSSR count). The van der Waals surface area contributed by atoms with Crippen LogP contribution >= 0.6 is 0 Å². The van der Waals surface area contributed by atoms with Gasteiger partial charge in [-0.1, -0.05) is 38.6 Å². The maximum absolute atomic E-state index is 12.3. The second kappa shape index (κ2) is 12.3. The minimum Gasteiger partial charge on any atom is -0.494 e. The van der Waals surface area contributed by atoms with Crippen molar-refractivity contribution in [2.45, 2.75) is 38.8 Å². The molecule has 2 aromatic carbocycles. The number of methoxy groups -OCH3 is 1. The molecule has 2 aromatic heterocycles. The Labute approximate surface area is 246 Å². The number of nitrogens with one attached hydrogen (secondary N) is 3. The van der Waals surface area contributed by atoms with Crippen LogP contribution in [0.15, 0.2) is 61.4 Å². The van der Waals surface area contributed by atoms with Crippen LogP contribution in [0.25, 0.3) is 22.2 Å². The zero-order valence-electron chi connectivity index (χ0n) is 24.4. The number of aromatic nitrogens is 3. The van der Waals surface area contributed by atoms with Crippen LogP contribution in [0.3, 0.4) is 0 Å². The number of anilines is 4. The molecule has 0 atom stereocenters. The van der Waals surface area contributed by atoms with Gasteiger partial charge in [-0.05, 0) is 31.1 Å². The molecule has 1 aliphatic carbocycles. The summed E-state index contributed by atoms with van der Waals surface area (Å²) in [5.74, 6) is 0.518. The second-order valence-electron chi connectivity index (χ2n) is 10.7. The SMILES string of the molecule is C=CC(=O)Nc1cc(Nc2ncc(C#N)c(-c3cn(C4CC4)c4ccccc34)n2)c(OC)cc1N(C)CCNC(C)C. The van der Waals surface area contributed by atoms with Crippen molar-refractivity contribution in [2.75, 3.05) is 42.8 Å². The number of hydrogen-bond acceptors (Lipinski definition) is 8. The van der Waals surface area contributed by atoms with Crippen molar-refractivity contribution in [3.05, 3.63) is 67.0 Å². The fourth-order valence-corrected chi connectivity index (χ4v) is 4.97. The third-order valence-corrected chi connectivity index (χ3v) is 7.26. The van der Waals surface area contributed by atoms with E-state index in [2.05, 4.69) is 70.3 Å². The number of fused-ring (bicyclic) bond motifs is 1. The molecule has 1 saturated carbocycles. The summed E-state index contributed by atoms with van der Waals surface area (Å²) < 4.78 is 8.02. The Kier molecular flexibility index (Phi) is 8.41. The number of carbonyl (C=O) groups is 1. The molecule has 0 spiro atoms. The molecule has 42 heavy (non-hydrogen) atoms. The van der Waals surface area contributed by atoms with Crippen LogP contribution in [-0.4, -0.2) is 53.7 Å². The Hall–Kier alpha value is -4.88. The molecule has 1 fully saturated rings. The van der Waals surface area contributed by atoms with E-state index in [1.54, 1.807) is 13.2 Å². The monoisotopic (exact) mass is 564 g/mol. The normalized spacial score (nSPS) is 12.7. The van der Waals surface area contributed by atoms with Crippen molar-refractivity contribution in [1.29, 1.82) is 5.26 Å². The lowest BCUT2D eigenvalue weighted by atomic mass is 10.1. The van der Waals surface area contributed by atoms with Crippen molar-refractivity contribution < 1.29 is 9.53 Å². The fourth-order valence-electron chi connectivity index (χ4n) is 4.97. The van der Waals surface area contributed by atoms with Gasteiger partial charge in [-0.2, -0.15) is 5.26 Å². The summed E-state index contributed by atoms with van der Waals surface area (Å²) in [6.45, 7) is 9.27. The number of hydrogen-bond donors (Lipinski definition) is 3. The van der Waals surface area contributed by atoms with Crippen LogP contribution in [0.1, 0.15) is 38.3 Å². The van der Waals surface area contributed by atoms with Gasteiger partial charge in [0.25, 0.3) is 0 Å². The van der Waals surface area contributed by atoms with Crippen molar-refractivity contribution in [3.8, 4) is 23.1 Å². The third-order valence-electron chi connectivity index (χ3n) is 7.26. The van der Waals surface area contributed by atoms with E-state index in [0.717, 1.165) is 41.5 Å². The first-order chi connectivity index (χ1) is 20.3. The molecule has 1 amide bonds. The summed E-state index contributed by atoms with van der Waals surface area (Å²) in [6, 6.07) is 14.9. The van der Waals surface area contributed by atoms with Gasteiger partial charge in [-0.15, -0.1) is 0 Å². The average molecular weight is 565 g/mol. The zero-order valence-corrected chi connectivity index (χ0v) is 24.4. The predicted octanol–water partition coefficient (Wildman–Crippen LogP) is 5.62. The number of carbonyl (C=O) groups excluding carboxylic acids is 1. The zero-order chi connectivity index (χ0) is 29.8. The highest BCUT2D eigenvalue weighted by atomic mass is 16.5. The molecule has 10 heteroatoms. The second-order valence-corrected chi connectivity index (χ2v) is 10.7. The van der Waals surface area contributed by atoms with Gasteiger partial charge in [0, 0.05) is 61.0 Å². The molecule has 0 aliphatic heterocycles. The van der Waals surface area contributed by atoms with E-state index in [-0.39, 0.29) is 5.91 Å². The summed E-state index contributed by atoms with van der Waals surface area (Å²) in [4.78, 5) is 23.6. The lowest BCUT2D eigenvalue weighted by molar-refractivity contribution is -0.111. The molecule has 0 bridgehead atoms. The van der Waals surface area contributed by atoms with Gasteiger partial charge >= 0.3 is 0 Å². The highest BCUT2D eigenvalue weighted by Gasteiger charge is 2.27. The quantitative estimate of drug-likeness (QED) is 0.190. The van der Waals surface area contributed by atoms with Gasteiger partial charge in [0.2, 0.25) is 11.9 Å². The molecule has 3 N–H and O–H groups in total. The molecule has 2 heterocycles. The molecule has 0 radical (unpaired) electrons. The number of rotatable bonds is 12. The number of nitriles is 1. The largest absolute Gasteiger partial charge is 0.494 e. The highest BCUT2D eigenvalue weighted by molar-refractivity contribution is 6.02. The lowest BCUT2D eigenvalue weighted by Crippen LogP contribution is -2.33. The molecular weight excluding hydrogens is 528 g/mol. The minimum absolute atomic E-state index is 0.300. The first-order valence-electron chi connectivity index (χ1n) is 14.1. The topological polar surface area (TPSA) is 120 Å². The van der Waals surface area contributed by atoms with Gasteiger partial charge in [0.05, 0.1) is 41.6 Å². The van der Waals surface area contributed by atoms with Gasteiger partial charge in [-0.3, -0.25) is 4.79 Å². The van der Waals surface area contributed by atoms with Gasteiger partial charge < -0.3 is 30.2 Å². The number of ether oxygens (including phenoxy) is 1. The molecule has 216 valence electrons. The van der Waals surface area contributed by atoms with E-state index in [1.807, 2.05) is 30.1 Å². The minimum atomic E-state index is -0.329. The smallest absolute Gasteiger partial charge is 0.247 e. The first-order valence-corrected chi connectivity index (χ1v) is 14.1. The van der Waals surface area contributed by atoms with Crippen molar-refractivity contribution in [3.63, 3.8) is 0 Å². The van der Waals surface area contributed by atoms with Crippen LogP contribution in [0.5, 0.6) is 5.75 Å². The predicted molar refractivity (Wildman–Crippen MR) is 167 cm³/mol. The van der Waals surface area contributed by atoms with E-state index in [4.69, 9.17) is 9.72 Å². The Morgan fingerprint density at radius 1 is 1.29 bits per heavy atom. The maximum Gasteiger partial charge on any atom is 0.247 e. The molecule has 0 saturated heterocycles. The molecule has 0 unspecified atom stereocenters. The first kappa shape index (κ1) is 28.6. The number of para-hydroxylation sites is 1. The number of benzene rings is 2. The highest BCUT2D eigenvalue weighted by Crippen LogP contribution is 2.42. The van der Waals surface area contributed by atoms with Crippen LogP contribution in [0.2, 0.25) is 0 Å². The van der Waals surface area contributed by atoms with E-state index in [0.29, 0.717) is 53.0 Å². The Morgan fingerprint density at radius 3 is 2.76 bits per heavy atom. The summed E-state index contributed by atoms with van der Waals surface area (Å²) in [5, 5.41) is 20.5. The Balaban J connectivity index is 1.53. The van der Waals surface area contributed by atoms with Crippen molar-refractivity contribution in [1.82, 2.24) is 19.9 Å². The number of likely N-dealkylation sites (N-methyl/N-ethyl adjacent to an activating group) is 1. The van der Waals surface area contributed by atoms with E-state index < -0.39 is 0 Å². The van der Waals surface area contributed by atoms with E-state index in [1.165, 1.54) is 12.3 Å². The maximum atomic E-state index is 12.3. The van der Waals surface area contributed by atoms with Crippen LogP contribution in [0.4, 0.5) is 23.0 Å². The molecule has 10 nitrogen and oxygen atoms in total. The molecular formula is C32H36N8O2. The summed E-state index contributed by atoms with van der Waals surface area (Å²) in [6.07, 6.45) is 7.14. The van der Waals surface area contributed by atoms with Crippen LogP contribution in [0, 0.1) is 11.3 Å². The van der Waals surface area contributed by atoms with Gasteiger partial charge in [0.1, 0.15) is 11.8 Å². The summed E-state index contributed by atoms with van der Waals surface area (Å²) in [7, 11) is 3.55. The average Bonchev–Trinajstić information content (AvgIpc) is 3.76. The number of nitrogens with zero attached hydrogens (tertiary/aromatic N) is 5. The summed E-state index contributed by atoms with van der Waals surface area (Å²) in [5.41, 5.74) is 4.88. The Bertz CT molecular complexity index is 1670. The van der Waals surface area contributed by atoms with E-state index >= 15 is 0 Å². The number of amides is 1. The van der Waals surface area contributed by atoms with E-state index in [9.17, 15) is 10.1 Å². The van der Waals surface area contributed by atoms with Gasteiger partial charge in [-0.25, -0.2) is 9.97 Å². The lowest BCUT2D eigenvalue weighted by Gasteiger charge is -2.25. The van der Waals surface area contributed by atoms with Crippen LogP contribution in [-0.2, 0) is 4.79 Å². The van der Waals surface area contributed by atoms with Gasteiger partial charge in [0.15, 0.2) is 0 Å². The standard InChI is InChI=1S/C32H36N8O2/c1-6-30(41)36-25-15-26(29(42-5)16-28(25)39(4)14-13-34-20(2)3)37-32-35-18-21(17-33)31(38-32)24-19-40(22-11-12-22)27-10-8-7-9-23(24)27/h6-10,15-16,18-20,22,34H,1,11-14H2,2-5H3,(H,36,41)(H,35,37,38). The molecule has 1 aliphatic rings. The van der Waals surface area contributed by atoms with Crippen molar-refractivity contribution in [2.24, 2.45) is 0 Å².